The molecule has 1 aromatic carbocycles. The summed E-state index contributed by atoms with van der Waals surface area (Å²) in [5, 5.41) is 7.10. The van der Waals surface area contributed by atoms with E-state index >= 15 is 0 Å². The highest BCUT2D eigenvalue weighted by molar-refractivity contribution is 7.11. The number of rotatable bonds is 4. The zero-order valence-corrected chi connectivity index (χ0v) is 16.2. The maximum atomic E-state index is 13.0. The third-order valence-corrected chi connectivity index (χ3v) is 5.96. The minimum absolute atomic E-state index is 0.0551. The summed E-state index contributed by atoms with van der Waals surface area (Å²) >= 11 is 1.62. The number of aryl methyl sites for hydroxylation is 2. The molecule has 0 bridgehead atoms. The molecule has 1 aliphatic rings. The molecule has 0 unspecified atom stereocenters. The minimum atomic E-state index is -0.220. The molecule has 0 spiro atoms. The summed E-state index contributed by atoms with van der Waals surface area (Å²) in [6.45, 7) is 7.62. The zero-order chi connectivity index (χ0) is 18.7. The summed E-state index contributed by atoms with van der Waals surface area (Å²) < 4.78 is 13.0. The molecule has 3 rings (SSSR count). The predicted octanol–water partition coefficient (Wildman–Crippen LogP) is 3.93. The molecule has 0 saturated carbocycles. The Morgan fingerprint density at radius 1 is 1.27 bits per heavy atom. The Balaban J connectivity index is 1.47. The average molecular weight is 377 g/mol. The van der Waals surface area contributed by atoms with Gasteiger partial charge in [0.2, 0.25) is 0 Å². The van der Waals surface area contributed by atoms with E-state index in [0.29, 0.717) is 0 Å². The zero-order valence-electron chi connectivity index (χ0n) is 15.4. The van der Waals surface area contributed by atoms with E-state index in [-0.39, 0.29) is 23.9 Å². The lowest BCUT2D eigenvalue weighted by Crippen LogP contribution is -2.48. The molecule has 140 valence electrons. The van der Waals surface area contributed by atoms with Gasteiger partial charge in [-0.25, -0.2) is 14.2 Å². The fraction of sp³-hybridized carbons (Fsp3) is 0.474. The van der Waals surface area contributed by atoms with Crippen molar-refractivity contribution in [3.63, 3.8) is 0 Å². The van der Waals surface area contributed by atoms with Crippen LogP contribution in [0.2, 0.25) is 0 Å². The van der Waals surface area contributed by atoms with Crippen LogP contribution in [0.1, 0.15) is 41.4 Å². The number of urea groups is 1. The largest absolute Gasteiger partial charge is 0.371 e. The van der Waals surface area contributed by atoms with E-state index in [2.05, 4.69) is 20.5 Å². The van der Waals surface area contributed by atoms with Crippen molar-refractivity contribution in [2.75, 3.05) is 18.0 Å². The summed E-state index contributed by atoms with van der Waals surface area (Å²) in [6, 6.07) is 6.54. The molecule has 1 atom stereocenters. The van der Waals surface area contributed by atoms with Crippen molar-refractivity contribution < 1.29 is 9.18 Å². The van der Waals surface area contributed by atoms with E-state index in [1.165, 1.54) is 12.1 Å². The van der Waals surface area contributed by atoms with Crippen LogP contribution in [0.25, 0.3) is 0 Å². The Kier molecular flexibility index (Phi) is 5.76. The van der Waals surface area contributed by atoms with Crippen molar-refractivity contribution in [2.45, 2.75) is 45.7 Å². The van der Waals surface area contributed by atoms with Crippen molar-refractivity contribution >= 4 is 23.1 Å². The van der Waals surface area contributed by atoms with Gasteiger partial charge in [0.05, 0.1) is 16.7 Å². The normalized spacial score (nSPS) is 16.4. The molecule has 2 N–H and O–H groups in total. The SMILES string of the molecule is Cc1nc(C)c([C@H](C)NC(=O)NC2CCN(c3ccc(F)cc3)CC2)s1. The molecule has 1 aromatic heterocycles. The quantitative estimate of drug-likeness (QED) is 0.850. The predicted molar refractivity (Wildman–Crippen MR) is 103 cm³/mol. The van der Waals surface area contributed by atoms with Gasteiger partial charge in [-0.1, -0.05) is 0 Å². The maximum Gasteiger partial charge on any atom is 0.315 e. The highest BCUT2D eigenvalue weighted by atomic mass is 32.1. The van der Waals surface area contributed by atoms with Crippen LogP contribution in [0, 0.1) is 19.7 Å². The number of hydrogen-bond acceptors (Lipinski definition) is 4. The van der Waals surface area contributed by atoms with Gasteiger partial charge in [0.25, 0.3) is 0 Å². The molecule has 2 aromatic rings. The van der Waals surface area contributed by atoms with Gasteiger partial charge in [-0.3, -0.25) is 0 Å². The lowest BCUT2D eigenvalue weighted by atomic mass is 10.0. The second-order valence-electron chi connectivity index (χ2n) is 6.76. The highest BCUT2D eigenvalue weighted by Gasteiger charge is 2.22. The van der Waals surface area contributed by atoms with Gasteiger partial charge < -0.3 is 15.5 Å². The van der Waals surface area contributed by atoms with Crippen LogP contribution >= 0.6 is 11.3 Å². The van der Waals surface area contributed by atoms with E-state index in [1.807, 2.05) is 20.8 Å². The first kappa shape index (κ1) is 18.6. The fourth-order valence-corrected chi connectivity index (χ4v) is 4.30. The smallest absolute Gasteiger partial charge is 0.315 e. The summed E-state index contributed by atoms with van der Waals surface area (Å²) in [4.78, 5) is 20.0. The van der Waals surface area contributed by atoms with Gasteiger partial charge in [0, 0.05) is 29.7 Å². The topological polar surface area (TPSA) is 57.3 Å². The number of nitrogens with zero attached hydrogens (tertiary/aromatic N) is 2. The van der Waals surface area contributed by atoms with Crippen molar-refractivity contribution in [3.05, 3.63) is 45.7 Å². The molecule has 1 aliphatic heterocycles. The van der Waals surface area contributed by atoms with Crippen LogP contribution in [0.15, 0.2) is 24.3 Å². The second-order valence-corrected chi connectivity index (χ2v) is 7.99. The van der Waals surface area contributed by atoms with Gasteiger partial charge in [0.1, 0.15) is 5.82 Å². The molecule has 1 fully saturated rings. The number of hydrogen-bond donors (Lipinski definition) is 2. The Hall–Kier alpha value is -2.15. The number of halogens is 1. The number of aromatic nitrogens is 1. The number of nitrogens with one attached hydrogen (secondary N) is 2. The monoisotopic (exact) mass is 376 g/mol. The summed E-state index contributed by atoms with van der Waals surface area (Å²) in [7, 11) is 0. The molecule has 1 saturated heterocycles. The van der Waals surface area contributed by atoms with Crippen molar-refractivity contribution in [1.29, 1.82) is 0 Å². The molecule has 7 heteroatoms. The number of thiazole rings is 1. The summed E-state index contributed by atoms with van der Waals surface area (Å²) in [6.07, 6.45) is 1.75. The van der Waals surface area contributed by atoms with Gasteiger partial charge in [0.15, 0.2) is 0 Å². The lowest BCUT2D eigenvalue weighted by molar-refractivity contribution is 0.231. The molecular formula is C19H25FN4OS. The highest BCUT2D eigenvalue weighted by Crippen LogP contribution is 2.24. The van der Waals surface area contributed by atoms with Crippen LogP contribution in [0.5, 0.6) is 0 Å². The van der Waals surface area contributed by atoms with Gasteiger partial charge in [-0.05, 0) is 57.9 Å². The molecule has 0 aliphatic carbocycles. The Labute approximate surface area is 157 Å². The molecule has 26 heavy (non-hydrogen) atoms. The summed E-state index contributed by atoms with van der Waals surface area (Å²) in [5.74, 6) is -0.220. The number of anilines is 1. The first-order valence-electron chi connectivity index (χ1n) is 8.94. The first-order valence-corrected chi connectivity index (χ1v) is 9.75. The minimum Gasteiger partial charge on any atom is -0.371 e. The Morgan fingerprint density at radius 2 is 1.92 bits per heavy atom. The van der Waals surface area contributed by atoms with Crippen molar-refractivity contribution in [3.8, 4) is 0 Å². The first-order chi connectivity index (χ1) is 12.4. The second kappa shape index (κ2) is 8.03. The van der Waals surface area contributed by atoms with Crippen molar-refractivity contribution in [2.24, 2.45) is 0 Å². The van der Waals surface area contributed by atoms with E-state index in [9.17, 15) is 9.18 Å². The third kappa shape index (κ3) is 4.52. The maximum absolute atomic E-state index is 13.0. The van der Waals surface area contributed by atoms with Gasteiger partial charge >= 0.3 is 6.03 Å². The number of carbonyl (C=O) groups is 1. The molecule has 0 radical (unpaired) electrons. The van der Waals surface area contributed by atoms with E-state index in [4.69, 9.17) is 0 Å². The van der Waals surface area contributed by atoms with Crippen LogP contribution in [0.3, 0.4) is 0 Å². The molecule has 2 amide bonds. The standard InChI is InChI=1S/C19H25FN4OS/c1-12-18(26-14(3)21-12)13(2)22-19(25)23-16-8-10-24(11-9-16)17-6-4-15(20)5-7-17/h4-7,13,16H,8-11H2,1-3H3,(H2,22,23,25)/t13-/m0/s1. The Bertz CT molecular complexity index is 753. The fourth-order valence-electron chi connectivity index (χ4n) is 3.37. The number of benzene rings is 1. The van der Waals surface area contributed by atoms with Crippen LogP contribution in [-0.4, -0.2) is 30.1 Å². The van der Waals surface area contributed by atoms with Crippen LogP contribution in [-0.2, 0) is 0 Å². The van der Waals surface area contributed by atoms with E-state index in [0.717, 1.165) is 47.2 Å². The molecule has 2 heterocycles. The molecule has 5 nitrogen and oxygen atoms in total. The summed E-state index contributed by atoms with van der Waals surface area (Å²) in [5.41, 5.74) is 2.01. The molecular weight excluding hydrogens is 351 g/mol. The number of amides is 2. The third-order valence-electron chi connectivity index (χ3n) is 4.70. The number of carbonyl (C=O) groups excluding carboxylic acids is 1. The lowest BCUT2D eigenvalue weighted by Gasteiger charge is -2.34. The van der Waals surface area contributed by atoms with Gasteiger partial charge in [-0.15, -0.1) is 11.3 Å². The number of piperidine rings is 1. The van der Waals surface area contributed by atoms with Gasteiger partial charge in [-0.2, -0.15) is 0 Å². The van der Waals surface area contributed by atoms with E-state index < -0.39 is 0 Å². The van der Waals surface area contributed by atoms with Crippen molar-refractivity contribution in [1.82, 2.24) is 15.6 Å². The Morgan fingerprint density at radius 3 is 2.50 bits per heavy atom. The average Bonchev–Trinajstić information content (AvgIpc) is 2.95. The van der Waals surface area contributed by atoms with E-state index in [1.54, 1.807) is 23.5 Å². The van der Waals surface area contributed by atoms with Crippen LogP contribution < -0.4 is 15.5 Å². The van der Waals surface area contributed by atoms with Crippen LogP contribution in [0.4, 0.5) is 14.9 Å².